The molecule has 0 aliphatic carbocycles. The first-order valence-electron chi connectivity index (χ1n) is 4.68. The van der Waals surface area contributed by atoms with Crippen molar-refractivity contribution in [3.63, 3.8) is 0 Å². The highest BCUT2D eigenvalue weighted by atomic mass is 35.5. The first-order chi connectivity index (χ1) is 5.20. The molecule has 1 atom stereocenters. The fraction of sp³-hybridized carbons (Fsp3) is 1.00. The maximum absolute atomic E-state index is 5.95. The van der Waals surface area contributed by atoms with Crippen LogP contribution < -0.4 is 5.73 Å². The van der Waals surface area contributed by atoms with Crippen molar-refractivity contribution in [2.24, 2.45) is 11.7 Å². The van der Waals surface area contributed by atoms with Crippen molar-refractivity contribution in [2.75, 3.05) is 19.6 Å². The van der Waals surface area contributed by atoms with Crippen molar-refractivity contribution in [2.45, 2.75) is 32.7 Å². The summed E-state index contributed by atoms with van der Waals surface area (Å²) in [6, 6.07) is 0.369. The molecule has 0 spiro atoms. The van der Waals surface area contributed by atoms with E-state index in [4.69, 9.17) is 5.73 Å². The van der Waals surface area contributed by atoms with Crippen LogP contribution >= 0.6 is 24.8 Å². The Morgan fingerprint density at radius 3 is 2.00 bits per heavy atom. The summed E-state index contributed by atoms with van der Waals surface area (Å²) >= 11 is 0. The van der Waals surface area contributed by atoms with Crippen LogP contribution in [0.2, 0.25) is 0 Å². The standard InChI is InChI=1S/C9H20N2.2ClH/c1-8(2)9(10)7-11-5-3-4-6-11;;/h8-9H,3-7,10H2,1-2H3;2*1H. The Hall–Kier alpha value is 0.500. The summed E-state index contributed by atoms with van der Waals surface area (Å²) in [7, 11) is 0. The molecule has 0 saturated carbocycles. The van der Waals surface area contributed by atoms with Gasteiger partial charge in [0.1, 0.15) is 0 Å². The van der Waals surface area contributed by atoms with E-state index in [2.05, 4.69) is 18.7 Å². The second-order valence-electron chi connectivity index (χ2n) is 3.92. The Labute approximate surface area is 94.1 Å². The van der Waals surface area contributed by atoms with Crippen molar-refractivity contribution < 1.29 is 0 Å². The van der Waals surface area contributed by atoms with Crippen LogP contribution in [0.4, 0.5) is 0 Å². The van der Waals surface area contributed by atoms with Crippen LogP contribution in [0.25, 0.3) is 0 Å². The summed E-state index contributed by atoms with van der Waals surface area (Å²) in [5, 5.41) is 0. The summed E-state index contributed by atoms with van der Waals surface area (Å²) in [6.45, 7) is 8.01. The average molecular weight is 229 g/mol. The minimum absolute atomic E-state index is 0. The minimum Gasteiger partial charge on any atom is -0.326 e. The lowest BCUT2D eigenvalue weighted by Gasteiger charge is -2.22. The van der Waals surface area contributed by atoms with Crippen molar-refractivity contribution in [1.82, 2.24) is 4.90 Å². The fourth-order valence-corrected chi connectivity index (χ4v) is 1.47. The largest absolute Gasteiger partial charge is 0.326 e. The average Bonchev–Trinajstić information content (AvgIpc) is 2.39. The molecular weight excluding hydrogens is 207 g/mol. The quantitative estimate of drug-likeness (QED) is 0.801. The summed E-state index contributed by atoms with van der Waals surface area (Å²) < 4.78 is 0. The third-order valence-electron chi connectivity index (χ3n) is 2.52. The van der Waals surface area contributed by atoms with Gasteiger partial charge < -0.3 is 10.6 Å². The second-order valence-corrected chi connectivity index (χ2v) is 3.92. The predicted molar refractivity (Wildman–Crippen MR) is 63.0 cm³/mol. The van der Waals surface area contributed by atoms with Gasteiger partial charge in [-0.15, -0.1) is 24.8 Å². The van der Waals surface area contributed by atoms with Crippen molar-refractivity contribution in [3.8, 4) is 0 Å². The molecular formula is C9H22Cl2N2. The zero-order chi connectivity index (χ0) is 8.27. The number of hydrogen-bond acceptors (Lipinski definition) is 2. The molecule has 2 N–H and O–H groups in total. The van der Waals surface area contributed by atoms with Crippen LogP contribution in [0.5, 0.6) is 0 Å². The van der Waals surface area contributed by atoms with E-state index in [-0.39, 0.29) is 24.8 Å². The molecule has 1 aliphatic heterocycles. The Balaban J connectivity index is 0. The van der Waals surface area contributed by atoms with Gasteiger partial charge >= 0.3 is 0 Å². The van der Waals surface area contributed by atoms with Gasteiger partial charge in [0.2, 0.25) is 0 Å². The van der Waals surface area contributed by atoms with E-state index in [9.17, 15) is 0 Å². The van der Waals surface area contributed by atoms with Gasteiger partial charge in [-0.2, -0.15) is 0 Å². The van der Waals surface area contributed by atoms with Crippen molar-refractivity contribution in [1.29, 1.82) is 0 Å². The van der Waals surface area contributed by atoms with Gasteiger partial charge in [-0.05, 0) is 31.8 Å². The molecule has 0 aromatic carbocycles. The molecule has 1 rings (SSSR count). The highest BCUT2D eigenvalue weighted by molar-refractivity contribution is 5.85. The molecule has 0 amide bonds. The minimum atomic E-state index is 0. The number of nitrogens with zero attached hydrogens (tertiary/aromatic N) is 1. The maximum atomic E-state index is 5.95. The van der Waals surface area contributed by atoms with Gasteiger partial charge in [0, 0.05) is 12.6 Å². The number of halogens is 2. The Kier molecular flexibility index (Phi) is 9.65. The lowest BCUT2D eigenvalue weighted by molar-refractivity contribution is 0.285. The summed E-state index contributed by atoms with van der Waals surface area (Å²) in [5.74, 6) is 0.621. The monoisotopic (exact) mass is 228 g/mol. The van der Waals surface area contributed by atoms with E-state index in [1.165, 1.54) is 25.9 Å². The number of likely N-dealkylation sites (tertiary alicyclic amines) is 1. The first kappa shape index (κ1) is 15.9. The third-order valence-corrected chi connectivity index (χ3v) is 2.52. The number of hydrogen-bond donors (Lipinski definition) is 1. The Morgan fingerprint density at radius 1 is 1.15 bits per heavy atom. The second kappa shape index (κ2) is 7.86. The molecule has 1 saturated heterocycles. The highest BCUT2D eigenvalue weighted by Gasteiger charge is 2.16. The number of rotatable bonds is 3. The van der Waals surface area contributed by atoms with Gasteiger partial charge in [0.25, 0.3) is 0 Å². The lowest BCUT2D eigenvalue weighted by Crippen LogP contribution is -2.39. The van der Waals surface area contributed by atoms with Gasteiger partial charge in [0.15, 0.2) is 0 Å². The molecule has 82 valence electrons. The molecule has 13 heavy (non-hydrogen) atoms. The molecule has 0 aromatic rings. The van der Waals surface area contributed by atoms with E-state index < -0.39 is 0 Å². The van der Waals surface area contributed by atoms with Crippen LogP contribution in [0, 0.1) is 5.92 Å². The first-order valence-corrected chi connectivity index (χ1v) is 4.68. The lowest BCUT2D eigenvalue weighted by atomic mass is 10.1. The SMILES string of the molecule is CC(C)C(N)CN1CCCC1.Cl.Cl. The molecule has 0 radical (unpaired) electrons. The molecule has 1 aliphatic rings. The van der Waals surface area contributed by atoms with Crippen molar-refractivity contribution in [3.05, 3.63) is 0 Å². The van der Waals surface area contributed by atoms with E-state index in [1.54, 1.807) is 0 Å². The predicted octanol–water partition coefficient (Wildman–Crippen LogP) is 1.91. The molecule has 0 aromatic heterocycles. The van der Waals surface area contributed by atoms with Crippen LogP contribution in [0.1, 0.15) is 26.7 Å². The van der Waals surface area contributed by atoms with Gasteiger partial charge in [-0.25, -0.2) is 0 Å². The molecule has 1 fully saturated rings. The van der Waals surface area contributed by atoms with Gasteiger partial charge in [-0.1, -0.05) is 13.8 Å². The molecule has 1 heterocycles. The highest BCUT2D eigenvalue weighted by Crippen LogP contribution is 2.09. The summed E-state index contributed by atoms with van der Waals surface area (Å²) in [6.07, 6.45) is 2.73. The van der Waals surface area contributed by atoms with Gasteiger partial charge in [-0.3, -0.25) is 0 Å². The summed E-state index contributed by atoms with van der Waals surface area (Å²) in [4.78, 5) is 2.48. The van der Waals surface area contributed by atoms with Crippen LogP contribution in [-0.2, 0) is 0 Å². The van der Waals surface area contributed by atoms with Crippen LogP contribution in [0.3, 0.4) is 0 Å². The zero-order valence-electron chi connectivity index (χ0n) is 8.53. The molecule has 4 heteroatoms. The van der Waals surface area contributed by atoms with Crippen molar-refractivity contribution >= 4 is 24.8 Å². The summed E-state index contributed by atoms with van der Waals surface area (Å²) in [5.41, 5.74) is 5.95. The van der Waals surface area contributed by atoms with Gasteiger partial charge in [0.05, 0.1) is 0 Å². The molecule has 1 unspecified atom stereocenters. The van der Waals surface area contributed by atoms with E-state index in [0.29, 0.717) is 12.0 Å². The smallest absolute Gasteiger partial charge is 0.0191 e. The Bertz CT molecular complexity index is 114. The normalized spacial score (nSPS) is 19.4. The number of nitrogens with two attached hydrogens (primary N) is 1. The Morgan fingerprint density at radius 2 is 1.62 bits per heavy atom. The molecule has 2 nitrogen and oxygen atoms in total. The van der Waals surface area contributed by atoms with E-state index >= 15 is 0 Å². The van der Waals surface area contributed by atoms with E-state index in [1.807, 2.05) is 0 Å². The maximum Gasteiger partial charge on any atom is 0.0191 e. The topological polar surface area (TPSA) is 29.3 Å². The fourth-order valence-electron chi connectivity index (χ4n) is 1.47. The molecule has 0 bridgehead atoms. The third kappa shape index (κ3) is 5.74. The zero-order valence-corrected chi connectivity index (χ0v) is 10.2. The van der Waals surface area contributed by atoms with E-state index in [0.717, 1.165) is 6.54 Å². The van der Waals surface area contributed by atoms with Crippen LogP contribution in [-0.4, -0.2) is 30.6 Å². The van der Waals surface area contributed by atoms with Crippen LogP contribution in [0.15, 0.2) is 0 Å².